The van der Waals surface area contributed by atoms with Crippen LogP contribution in [-0.4, -0.2) is 35.0 Å². The van der Waals surface area contributed by atoms with Crippen molar-refractivity contribution in [3.05, 3.63) is 66.4 Å². The quantitative estimate of drug-likeness (QED) is 0.410. The van der Waals surface area contributed by atoms with E-state index in [1.54, 1.807) is 19.2 Å². The number of alkyl halides is 3. The SMILES string of the molecule is CNC[C@H](O)S[C@@H](c1ccc(NC(F)(F)F)cc1)n1ccc2ccccc21. The first-order valence-corrected chi connectivity index (χ1v) is 9.30. The van der Waals surface area contributed by atoms with E-state index in [9.17, 15) is 18.3 Å². The van der Waals surface area contributed by atoms with E-state index in [2.05, 4.69) is 5.32 Å². The van der Waals surface area contributed by atoms with Gasteiger partial charge in [0, 0.05) is 23.9 Å². The Balaban J connectivity index is 1.95. The number of halogens is 3. The number of aliphatic hydroxyl groups excluding tert-OH is 1. The number of anilines is 1. The molecule has 0 aliphatic rings. The molecule has 8 heteroatoms. The molecule has 0 saturated heterocycles. The molecule has 1 aromatic heterocycles. The van der Waals surface area contributed by atoms with Crippen molar-refractivity contribution in [2.24, 2.45) is 0 Å². The molecule has 0 spiro atoms. The average Bonchev–Trinajstić information content (AvgIpc) is 3.03. The number of nitrogens with one attached hydrogen (secondary N) is 2. The fourth-order valence-corrected chi connectivity index (χ4v) is 4.07. The molecule has 0 amide bonds. The Morgan fingerprint density at radius 3 is 2.44 bits per heavy atom. The molecule has 2 aromatic carbocycles. The van der Waals surface area contributed by atoms with Crippen molar-refractivity contribution >= 4 is 28.4 Å². The molecule has 27 heavy (non-hydrogen) atoms. The molecular weight excluding hydrogens is 375 g/mol. The third kappa shape index (κ3) is 4.97. The van der Waals surface area contributed by atoms with Gasteiger partial charge in [-0.25, -0.2) is 0 Å². The molecule has 0 saturated carbocycles. The molecule has 0 unspecified atom stereocenters. The Kier molecular flexibility index (Phi) is 5.98. The largest absolute Gasteiger partial charge is 0.482 e. The van der Waals surface area contributed by atoms with Crippen LogP contribution in [0.25, 0.3) is 10.9 Å². The predicted molar refractivity (Wildman–Crippen MR) is 104 cm³/mol. The highest BCUT2D eigenvalue weighted by atomic mass is 32.2. The van der Waals surface area contributed by atoms with E-state index >= 15 is 0 Å². The van der Waals surface area contributed by atoms with Crippen molar-refractivity contribution < 1.29 is 18.3 Å². The number of hydrogen-bond acceptors (Lipinski definition) is 4. The van der Waals surface area contributed by atoms with Crippen LogP contribution in [0.4, 0.5) is 18.9 Å². The highest BCUT2D eigenvalue weighted by Crippen LogP contribution is 2.36. The van der Waals surface area contributed by atoms with Gasteiger partial charge in [-0.2, -0.15) is 13.2 Å². The second-order valence-corrected chi connectivity index (χ2v) is 7.29. The van der Waals surface area contributed by atoms with Crippen molar-refractivity contribution in [3.8, 4) is 0 Å². The zero-order valence-corrected chi connectivity index (χ0v) is 15.4. The highest BCUT2D eigenvalue weighted by molar-refractivity contribution is 7.99. The highest BCUT2D eigenvalue weighted by Gasteiger charge is 2.27. The predicted octanol–water partition coefficient (Wildman–Crippen LogP) is 4.39. The Bertz CT molecular complexity index is 880. The third-order valence-electron chi connectivity index (χ3n) is 4.03. The van der Waals surface area contributed by atoms with Crippen molar-refractivity contribution in [1.82, 2.24) is 9.88 Å². The Hall–Kier alpha value is -2.16. The minimum absolute atomic E-state index is 0.0249. The maximum Gasteiger partial charge on any atom is 0.482 e. The van der Waals surface area contributed by atoms with Crippen LogP contribution in [0.1, 0.15) is 10.9 Å². The monoisotopic (exact) mass is 395 g/mol. The molecule has 3 rings (SSSR count). The molecular formula is C19H20F3N3OS. The molecule has 4 nitrogen and oxygen atoms in total. The lowest BCUT2D eigenvalue weighted by molar-refractivity contribution is -0.0999. The normalized spacial score (nSPS) is 14.3. The second-order valence-electron chi connectivity index (χ2n) is 6.03. The van der Waals surface area contributed by atoms with Gasteiger partial charge < -0.3 is 15.0 Å². The van der Waals surface area contributed by atoms with Crippen LogP contribution in [0.5, 0.6) is 0 Å². The van der Waals surface area contributed by atoms with Crippen molar-refractivity contribution in [3.63, 3.8) is 0 Å². The van der Waals surface area contributed by atoms with Gasteiger partial charge in [0.1, 0.15) is 10.8 Å². The van der Waals surface area contributed by atoms with Gasteiger partial charge >= 0.3 is 6.30 Å². The van der Waals surface area contributed by atoms with Gasteiger partial charge in [0.15, 0.2) is 0 Å². The van der Waals surface area contributed by atoms with E-state index in [1.165, 1.54) is 29.2 Å². The van der Waals surface area contributed by atoms with Gasteiger partial charge in [0.2, 0.25) is 0 Å². The van der Waals surface area contributed by atoms with Crippen molar-refractivity contribution in [2.75, 3.05) is 18.9 Å². The van der Waals surface area contributed by atoms with Crippen LogP contribution in [0, 0.1) is 0 Å². The lowest BCUT2D eigenvalue weighted by atomic mass is 10.2. The maximum absolute atomic E-state index is 12.5. The molecule has 144 valence electrons. The number of likely N-dealkylation sites (N-methyl/N-ethyl adjacent to an activating group) is 1. The van der Waals surface area contributed by atoms with E-state index < -0.39 is 11.7 Å². The number of thioether (sulfide) groups is 1. The molecule has 1 heterocycles. The lowest BCUT2D eigenvalue weighted by Crippen LogP contribution is -2.23. The number of hydrogen-bond donors (Lipinski definition) is 3. The van der Waals surface area contributed by atoms with E-state index in [4.69, 9.17) is 0 Å². The summed E-state index contributed by atoms with van der Waals surface area (Å²) < 4.78 is 39.5. The van der Waals surface area contributed by atoms with Crippen molar-refractivity contribution in [2.45, 2.75) is 17.1 Å². The molecule has 3 N–H and O–H groups in total. The number of benzene rings is 2. The molecule has 2 atom stereocenters. The van der Waals surface area contributed by atoms with Crippen LogP contribution in [-0.2, 0) is 0 Å². The summed E-state index contributed by atoms with van der Waals surface area (Å²) in [7, 11) is 1.75. The number of rotatable bonds is 7. The van der Waals surface area contributed by atoms with Crippen LogP contribution >= 0.6 is 11.8 Å². The van der Waals surface area contributed by atoms with E-state index in [-0.39, 0.29) is 11.1 Å². The van der Waals surface area contributed by atoms with Crippen molar-refractivity contribution in [1.29, 1.82) is 0 Å². The van der Waals surface area contributed by atoms with E-state index in [0.717, 1.165) is 16.5 Å². The molecule has 0 bridgehead atoms. The van der Waals surface area contributed by atoms with Gasteiger partial charge in [-0.15, -0.1) is 0 Å². The summed E-state index contributed by atoms with van der Waals surface area (Å²) >= 11 is 1.33. The summed E-state index contributed by atoms with van der Waals surface area (Å²) in [5.74, 6) is 0. The minimum Gasteiger partial charge on any atom is -0.381 e. The number of nitrogens with zero attached hydrogens (tertiary/aromatic N) is 1. The summed E-state index contributed by atoms with van der Waals surface area (Å²) in [5, 5.41) is 15.5. The summed E-state index contributed by atoms with van der Waals surface area (Å²) in [6.45, 7) is 0.397. The Morgan fingerprint density at radius 1 is 1.07 bits per heavy atom. The van der Waals surface area contributed by atoms with Crippen LogP contribution < -0.4 is 10.6 Å². The zero-order valence-electron chi connectivity index (χ0n) is 14.6. The summed E-state index contributed by atoms with van der Waals surface area (Å²) in [4.78, 5) is 0. The zero-order chi connectivity index (χ0) is 19.4. The Labute approximate surface area is 159 Å². The molecule has 3 aromatic rings. The first kappa shape index (κ1) is 19.6. The number of fused-ring (bicyclic) bond motifs is 1. The van der Waals surface area contributed by atoms with Gasteiger partial charge in [0.05, 0.1) is 0 Å². The molecule has 0 aliphatic heterocycles. The summed E-state index contributed by atoms with van der Waals surface area (Å²) in [5.41, 5.74) is 1.09. The van der Waals surface area contributed by atoms with Gasteiger partial charge in [-0.3, -0.25) is 5.32 Å². The number of aliphatic hydroxyl groups is 1. The summed E-state index contributed by atoms with van der Waals surface area (Å²) in [6, 6.07) is 15.9. The molecule has 0 aliphatic carbocycles. The minimum atomic E-state index is -4.48. The van der Waals surface area contributed by atoms with Gasteiger partial charge in [0.25, 0.3) is 0 Å². The first-order chi connectivity index (χ1) is 12.9. The second kappa shape index (κ2) is 8.24. The molecule has 0 fully saturated rings. The fraction of sp³-hybridized carbons (Fsp3) is 0.263. The standard InChI is InChI=1S/C19H20F3N3OS/c1-23-12-17(26)27-18(25-11-10-13-4-2-3-5-16(13)25)14-6-8-15(9-7-14)24-19(20,21)22/h2-11,17-18,23-24,26H,12H2,1H3/t17-,18+/m1/s1. The number of para-hydroxylation sites is 1. The number of aromatic nitrogens is 1. The molecule has 0 radical (unpaired) electrons. The van der Waals surface area contributed by atoms with E-state index in [1.807, 2.05) is 41.1 Å². The van der Waals surface area contributed by atoms with Crippen LogP contribution in [0.15, 0.2) is 60.8 Å². The van der Waals surface area contributed by atoms with Gasteiger partial charge in [-0.1, -0.05) is 42.1 Å². The fourth-order valence-electron chi connectivity index (χ4n) is 2.88. The maximum atomic E-state index is 12.5. The lowest BCUT2D eigenvalue weighted by Gasteiger charge is -2.23. The smallest absolute Gasteiger partial charge is 0.381 e. The average molecular weight is 395 g/mol. The topological polar surface area (TPSA) is 49.2 Å². The third-order valence-corrected chi connectivity index (χ3v) is 5.27. The summed E-state index contributed by atoms with van der Waals surface area (Å²) in [6.07, 6.45) is -2.55. The van der Waals surface area contributed by atoms with Crippen LogP contribution in [0.2, 0.25) is 0 Å². The Morgan fingerprint density at radius 2 is 1.78 bits per heavy atom. The van der Waals surface area contributed by atoms with Crippen LogP contribution in [0.3, 0.4) is 0 Å². The van der Waals surface area contributed by atoms with E-state index in [0.29, 0.717) is 6.54 Å². The first-order valence-electron chi connectivity index (χ1n) is 8.36. The van der Waals surface area contributed by atoms with Gasteiger partial charge in [-0.05, 0) is 42.3 Å².